The number of imidazole rings is 1. The highest BCUT2D eigenvalue weighted by Gasteiger charge is 2.23. The zero-order valence-corrected chi connectivity index (χ0v) is 13.8. The number of aromatic nitrogens is 2. The van der Waals surface area contributed by atoms with E-state index in [4.69, 9.17) is 9.72 Å². The average molecular weight is 291 g/mol. The van der Waals surface area contributed by atoms with Crippen molar-refractivity contribution in [2.75, 3.05) is 19.7 Å². The van der Waals surface area contributed by atoms with Crippen molar-refractivity contribution in [2.45, 2.75) is 65.6 Å². The number of hydrogen-bond acceptors (Lipinski definition) is 3. The molecular weight excluding hydrogens is 262 g/mol. The van der Waals surface area contributed by atoms with E-state index in [-0.39, 0.29) is 0 Å². The molecule has 2 heterocycles. The van der Waals surface area contributed by atoms with Gasteiger partial charge in [0.05, 0.1) is 24.9 Å². The summed E-state index contributed by atoms with van der Waals surface area (Å²) in [6.07, 6.45) is 5.81. The molecule has 0 amide bonds. The third-order valence-corrected chi connectivity index (χ3v) is 5.31. The van der Waals surface area contributed by atoms with Crippen molar-refractivity contribution in [1.82, 2.24) is 14.5 Å². The Balaban J connectivity index is 1.47. The van der Waals surface area contributed by atoms with Crippen LogP contribution in [-0.4, -0.2) is 40.3 Å². The van der Waals surface area contributed by atoms with Gasteiger partial charge < -0.3 is 9.30 Å². The van der Waals surface area contributed by atoms with Crippen LogP contribution in [0.5, 0.6) is 0 Å². The number of nitrogens with zero attached hydrogens (tertiary/aromatic N) is 3. The summed E-state index contributed by atoms with van der Waals surface area (Å²) < 4.78 is 8.52. The Morgan fingerprint density at radius 2 is 2.00 bits per heavy atom. The Labute approximate surface area is 128 Å². The normalized spacial score (nSPS) is 26.8. The first-order valence-corrected chi connectivity index (χ1v) is 8.51. The molecule has 3 rings (SSSR count). The summed E-state index contributed by atoms with van der Waals surface area (Å²) in [5.74, 6) is 1.96. The zero-order chi connectivity index (χ0) is 14.8. The van der Waals surface area contributed by atoms with Gasteiger partial charge in [-0.1, -0.05) is 19.8 Å². The minimum Gasteiger partial charge on any atom is -0.377 e. The molecule has 0 bridgehead atoms. The van der Waals surface area contributed by atoms with Gasteiger partial charge in [0, 0.05) is 25.3 Å². The Hall–Kier alpha value is -0.870. The molecule has 0 spiro atoms. The first kappa shape index (κ1) is 15.0. The number of fused-ring (bicyclic) bond motifs is 1. The van der Waals surface area contributed by atoms with Crippen LogP contribution in [0.4, 0.5) is 0 Å². The van der Waals surface area contributed by atoms with Crippen LogP contribution >= 0.6 is 0 Å². The SMILES string of the molecule is Cc1nc2n(c1C)CCN(CCO[C@H]1CCCC[C@H]1C)C2. The van der Waals surface area contributed by atoms with E-state index in [1.165, 1.54) is 42.9 Å². The molecule has 21 heavy (non-hydrogen) atoms. The molecule has 0 saturated heterocycles. The lowest BCUT2D eigenvalue weighted by atomic mass is 9.88. The summed E-state index contributed by atoms with van der Waals surface area (Å²) >= 11 is 0. The van der Waals surface area contributed by atoms with Crippen molar-refractivity contribution in [1.29, 1.82) is 0 Å². The van der Waals surface area contributed by atoms with E-state index < -0.39 is 0 Å². The fourth-order valence-corrected chi connectivity index (χ4v) is 3.72. The largest absolute Gasteiger partial charge is 0.377 e. The quantitative estimate of drug-likeness (QED) is 0.854. The lowest BCUT2D eigenvalue weighted by Crippen LogP contribution is -2.37. The molecule has 0 unspecified atom stereocenters. The van der Waals surface area contributed by atoms with Gasteiger partial charge >= 0.3 is 0 Å². The van der Waals surface area contributed by atoms with Gasteiger partial charge in [-0.15, -0.1) is 0 Å². The van der Waals surface area contributed by atoms with Crippen molar-refractivity contribution < 1.29 is 4.74 Å². The Bertz CT molecular complexity index is 483. The topological polar surface area (TPSA) is 30.3 Å². The van der Waals surface area contributed by atoms with Gasteiger partial charge in [0.2, 0.25) is 0 Å². The minimum atomic E-state index is 0.495. The molecular formula is C17H29N3O. The predicted octanol–water partition coefficient (Wildman–Crippen LogP) is 2.91. The highest BCUT2D eigenvalue weighted by molar-refractivity contribution is 5.15. The first-order valence-electron chi connectivity index (χ1n) is 8.51. The van der Waals surface area contributed by atoms with Crippen molar-refractivity contribution >= 4 is 0 Å². The van der Waals surface area contributed by atoms with Crippen LogP contribution < -0.4 is 0 Å². The van der Waals surface area contributed by atoms with Gasteiger partial charge in [0.25, 0.3) is 0 Å². The highest BCUT2D eigenvalue weighted by atomic mass is 16.5. The van der Waals surface area contributed by atoms with Crippen molar-refractivity contribution in [3.8, 4) is 0 Å². The highest BCUT2D eigenvalue weighted by Crippen LogP contribution is 2.26. The smallest absolute Gasteiger partial charge is 0.123 e. The third kappa shape index (κ3) is 3.32. The predicted molar refractivity (Wildman–Crippen MR) is 84.4 cm³/mol. The molecule has 1 saturated carbocycles. The lowest BCUT2D eigenvalue weighted by molar-refractivity contribution is -0.0161. The van der Waals surface area contributed by atoms with E-state index in [1.807, 2.05) is 0 Å². The molecule has 2 atom stereocenters. The van der Waals surface area contributed by atoms with E-state index in [9.17, 15) is 0 Å². The second-order valence-electron chi connectivity index (χ2n) is 6.80. The zero-order valence-electron chi connectivity index (χ0n) is 13.8. The first-order chi connectivity index (χ1) is 10.1. The van der Waals surface area contributed by atoms with E-state index in [2.05, 4.69) is 30.2 Å². The van der Waals surface area contributed by atoms with E-state index in [1.54, 1.807) is 0 Å². The Morgan fingerprint density at radius 1 is 1.19 bits per heavy atom. The fraction of sp³-hybridized carbons (Fsp3) is 0.824. The summed E-state index contributed by atoms with van der Waals surface area (Å²) in [5, 5.41) is 0. The Morgan fingerprint density at radius 3 is 2.81 bits per heavy atom. The van der Waals surface area contributed by atoms with E-state index in [0.29, 0.717) is 6.10 Å². The number of hydrogen-bond donors (Lipinski definition) is 0. The summed E-state index contributed by atoms with van der Waals surface area (Å²) in [6, 6.07) is 0. The standard InChI is InChI=1S/C17H29N3O/c1-13-6-4-5-7-16(13)21-11-10-19-8-9-20-15(3)14(2)18-17(20)12-19/h13,16H,4-12H2,1-3H3/t13-,16+/m1/s1. The van der Waals surface area contributed by atoms with E-state index >= 15 is 0 Å². The van der Waals surface area contributed by atoms with Crippen LogP contribution in [0.2, 0.25) is 0 Å². The molecule has 1 aromatic heterocycles. The number of ether oxygens (including phenoxy) is 1. The molecule has 118 valence electrons. The monoisotopic (exact) mass is 291 g/mol. The second kappa shape index (κ2) is 6.49. The minimum absolute atomic E-state index is 0.495. The van der Waals surface area contributed by atoms with Crippen molar-refractivity contribution in [3.63, 3.8) is 0 Å². The van der Waals surface area contributed by atoms with Gasteiger partial charge in [-0.3, -0.25) is 4.90 Å². The van der Waals surface area contributed by atoms with Gasteiger partial charge in [0.15, 0.2) is 0 Å². The van der Waals surface area contributed by atoms with E-state index in [0.717, 1.165) is 38.7 Å². The number of rotatable bonds is 4. The summed E-state index contributed by atoms with van der Waals surface area (Å²) in [5.41, 5.74) is 2.51. The van der Waals surface area contributed by atoms with Crippen LogP contribution in [0.3, 0.4) is 0 Å². The number of aryl methyl sites for hydroxylation is 1. The molecule has 1 fully saturated rings. The fourth-order valence-electron chi connectivity index (χ4n) is 3.72. The maximum Gasteiger partial charge on any atom is 0.123 e. The molecule has 0 radical (unpaired) electrons. The molecule has 0 N–H and O–H groups in total. The third-order valence-electron chi connectivity index (χ3n) is 5.31. The molecule has 4 heteroatoms. The van der Waals surface area contributed by atoms with Crippen LogP contribution in [-0.2, 0) is 17.8 Å². The summed E-state index contributed by atoms with van der Waals surface area (Å²) in [6.45, 7) is 11.7. The van der Waals surface area contributed by atoms with Crippen LogP contribution in [0.1, 0.15) is 49.8 Å². The van der Waals surface area contributed by atoms with Gasteiger partial charge in [-0.25, -0.2) is 4.98 Å². The molecule has 2 aliphatic rings. The molecule has 1 aliphatic heterocycles. The van der Waals surface area contributed by atoms with Gasteiger partial charge in [0.1, 0.15) is 5.82 Å². The van der Waals surface area contributed by atoms with Crippen LogP contribution in [0.25, 0.3) is 0 Å². The molecule has 0 aromatic carbocycles. The molecule has 1 aliphatic carbocycles. The lowest BCUT2D eigenvalue weighted by Gasteiger charge is -2.31. The Kier molecular flexibility index (Phi) is 4.65. The van der Waals surface area contributed by atoms with Crippen LogP contribution in [0.15, 0.2) is 0 Å². The maximum absolute atomic E-state index is 6.15. The van der Waals surface area contributed by atoms with Crippen molar-refractivity contribution in [2.24, 2.45) is 5.92 Å². The average Bonchev–Trinajstić information content (AvgIpc) is 2.76. The van der Waals surface area contributed by atoms with Crippen molar-refractivity contribution in [3.05, 3.63) is 17.2 Å². The summed E-state index contributed by atoms with van der Waals surface area (Å²) in [4.78, 5) is 7.17. The van der Waals surface area contributed by atoms with Crippen LogP contribution in [0, 0.1) is 19.8 Å². The maximum atomic E-state index is 6.15. The second-order valence-corrected chi connectivity index (χ2v) is 6.80. The molecule has 1 aromatic rings. The molecule has 4 nitrogen and oxygen atoms in total. The van der Waals surface area contributed by atoms with Gasteiger partial charge in [-0.2, -0.15) is 0 Å². The van der Waals surface area contributed by atoms with Gasteiger partial charge in [-0.05, 0) is 32.6 Å². The summed E-state index contributed by atoms with van der Waals surface area (Å²) in [7, 11) is 0.